The lowest BCUT2D eigenvalue weighted by atomic mass is 9.42. The molecule has 2 aliphatic carbocycles. The number of fused-ring (bicyclic) bond motifs is 1. The average molecular weight is 331 g/mol. The van der Waals surface area contributed by atoms with Crippen LogP contribution >= 0.6 is 0 Å². The van der Waals surface area contributed by atoms with Gasteiger partial charge in [0.15, 0.2) is 0 Å². The highest BCUT2D eigenvalue weighted by atomic mass is 14.6. The van der Waals surface area contributed by atoms with E-state index in [0.717, 1.165) is 36.0 Å². The Bertz CT molecular complexity index is 459. The van der Waals surface area contributed by atoms with E-state index in [1.807, 2.05) is 6.08 Å². The molecule has 0 nitrogen and oxygen atoms in total. The summed E-state index contributed by atoms with van der Waals surface area (Å²) in [6, 6.07) is 0. The summed E-state index contributed by atoms with van der Waals surface area (Å²) >= 11 is 0. The fourth-order valence-electron chi connectivity index (χ4n) is 6.33. The Balaban J connectivity index is 2.32. The molecule has 6 atom stereocenters. The van der Waals surface area contributed by atoms with Gasteiger partial charge in [0.05, 0.1) is 0 Å². The van der Waals surface area contributed by atoms with Gasteiger partial charge >= 0.3 is 0 Å². The molecule has 0 amide bonds. The van der Waals surface area contributed by atoms with Crippen LogP contribution in [0.4, 0.5) is 0 Å². The lowest BCUT2D eigenvalue weighted by Gasteiger charge is -2.62. The van der Waals surface area contributed by atoms with Crippen LogP contribution in [0.5, 0.6) is 0 Å². The minimum Gasteiger partial charge on any atom is -0.0988 e. The first kappa shape index (κ1) is 19.8. The largest absolute Gasteiger partial charge is 0.0988 e. The van der Waals surface area contributed by atoms with Gasteiger partial charge < -0.3 is 0 Å². The normalized spacial score (nSPS) is 42.6. The van der Waals surface area contributed by atoms with E-state index in [1.165, 1.54) is 44.1 Å². The van der Waals surface area contributed by atoms with Gasteiger partial charge in [0.2, 0.25) is 0 Å². The summed E-state index contributed by atoms with van der Waals surface area (Å²) in [6.07, 6.45) is 11.6. The van der Waals surface area contributed by atoms with E-state index in [2.05, 4.69) is 54.7 Å². The molecule has 2 rings (SSSR count). The van der Waals surface area contributed by atoms with Gasteiger partial charge in [-0.3, -0.25) is 0 Å². The van der Waals surface area contributed by atoms with Crippen molar-refractivity contribution in [3.63, 3.8) is 0 Å². The van der Waals surface area contributed by atoms with Crippen molar-refractivity contribution in [3.8, 4) is 0 Å². The van der Waals surface area contributed by atoms with Crippen LogP contribution in [0, 0.1) is 40.4 Å². The van der Waals surface area contributed by atoms with Gasteiger partial charge in [-0.25, -0.2) is 0 Å². The van der Waals surface area contributed by atoms with Crippen molar-refractivity contribution in [2.24, 2.45) is 40.4 Å². The Morgan fingerprint density at radius 3 is 2.42 bits per heavy atom. The molecule has 0 aromatic heterocycles. The number of hydrogen-bond donors (Lipinski definition) is 0. The van der Waals surface area contributed by atoms with Gasteiger partial charge in [0.1, 0.15) is 0 Å². The third-order valence-electron chi connectivity index (χ3n) is 8.31. The van der Waals surface area contributed by atoms with Crippen LogP contribution in [-0.4, -0.2) is 0 Å². The Hall–Kier alpha value is -0.520. The second-order valence-electron chi connectivity index (χ2n) is 10.2. The molecular weight excluding hydrogens is 288 g/mol. The van der Waals surface area contributed by atoms with Crippen molar-refractivity contribution in [1.82, 2.24) is 0 Å². The first-order valence-electron chi connectivity index (χ1n) is 10.4. The molecule has 0 radical (unpaired) electrons. The summed E-state index contributed by atoms with van der Waals surface area (Å²) in [6.45, 7) is 23.3. The highest BCUT2D eigenvalue weighted by molar-refractivity contribution is 5.15. The average Bonchev–Trinajstić information content (AvgIpc) is 2.53. The van der Waals surface area contributed by atoms with Crippen molar-refractivity contribution >= 4 is 0 Å². The molecule has 138 valence electrons. The summed E-state index contributed by atoms with van der Waals surface area (Å²) in [7, 11) is 0. The highest BCUT2D eigenvalue weighted by Gasteiger charge is 2.56. The van der Waals surface area contributed by atoms with Gasteiger partial charge in [-0.05, 0) is 72.5 Å². The molecule has 0 heterocycles. The Kier molecular flexibility index (Phi) is 6.09. The molecule has 0 aromatic rings. The van der Waals surface area contributed by atoms with E-state index < -0.39 is 0 Å². The van der Waals surface area contributed by atoms with Crippen molar-refractivity contribution < 1.29 is 0 Å². The zero-order valence-electron chi connectivity index (χ0n) is 17.3. The van der Waals surface area contributed by atoms with E-state index >= 15 is 0 Å². The first-order valence-corrected chi connectivity index (χ1v) is 10.4. The minimum absolute atomic E-state index is 0.488. The van der Waals surface area contributed by atoms with Gasteiger partial charge in [0.25, 0.3) is 0 Å². The molecule has 0 spiro atoms. The predicted molar refractivity (Wildman–Crippen MR) is 108 cm³/mol. The third-order valence-corrected chi connectivity index (χ3v) is 8.31. The summed E-state index contributed by atoms with van der Waals surface area (Å²) < 4.78 is 0. The van der Waals surface area contributed by atoms with E-state index in [9.17, 15) is 0 Å². The second kappa shape index (κ2) is 7.38. The molecule has 0 heteroatoms. The standard InChI is InChI=1S/C24H42/c1-9-18(4)16-21-19(5)10-11-22-23(7,14-12-17(2)3)20(6)13-15-24(21,22)8/h9,17,19-22H,1,4,10-16H2,2-3,5-8H3. The van der Waals surface area contributed by atoms with Crippen LogP contribution in [0.15, 0.2) is 24.8 Å². The van der Waals surface area contributed by atoms with Crippen LogP contribution in [0.1, 0.15) is 86.5 Å². The Morgan fingerprint density at radius 1 is 1.17 bits per heavy atom. The molecule has 2 aliphatic rings. The zero-order valence-corrected chi connectivity index (χ0v) is 17.3. The van der Waals surface area contributed by atoms with E-state index in [0.29, 0.717) is 10.8 Å². The van der Waals surface area contributed by atoms with Crippen LogP contribution in [0.3, 0.4) is 0 Å². The fraction of sp³-hybridized carbons (Fsp3) is 0.833. The quantitative estimate of drug-likeness (QED) is 0.438. The SMILES string of the molecule is C=CC(=C)CC1C(C)CCC2C(C)(CCC(C)C)C(C)CCC12C. The van der Waals surface area contributed by atoms with Crippen molar-refractivity contribution in [1.29, 1.82) is 0 Å². The topological polar surface area (TPSA) is 0 Å². The summed E-state index contributed by atoms with van der Waals surface area (Å²) in [5.41, 5.74) is 2.25. The Labute approximate surface area is 152 Å². The molecule has 2 fully saturated rings. The van der Waals surface area contributed by atoms with Crippen molar-refractivity contribution in [2.75, 3.05) is 0 Å². The van der Waals surface area contributed by atoms with Crippen molar-refractivity contribution in [3.05, 3.63) is 24.8 Å². The molecule has 0 aromatic carbocycles. The van der Waals surface area contributed by atoms with Gasteiger partial charge in [0, 0.05) is 0 Å². The number of rotatable bonds is 6. The number of hydrogen-bond acceptors (Lipinski definition) is 0. The number of allylic oxidation sites excluding steroid dienone is 2. The summed E-state index contributed by atoms with van der Waals surface area (Å²) in [5.74, 6) is 4.18. The van der Waals surface area contributed by atoms with Crippen molar-refractivity contribution in [2.45, 2.75) is 86.5 Å². The van der Waals surface area contributed by atoms with E-state index in [-0.39, 0.29) is 0 Å². The van der Waals surface area contributed by atoms with Crippen LogP contribution < -0.4 is 0 Å². The molecular formula is C24H42. The molecule has 2 saturated carbocycles. The molecule has 0 N–H and O–H groups in total. The smallest absolute Gasteiger partial charge is 0.0249 e. The predicted octanol–water partition coefficient (Wildman–Crippen LogP) is 7.66. The zero-order chi connectivity index (χ0) is 18.1. The molecule has 0 aliphatic heterocycles. The monoisotopic (exact) mass is 330 g/mol. The van der Waals surface area contributed by atoms with Crippen LogP contribution in [0.25, 0.3) is 0 Å². The summed E-state index contributed by atoms with van der Waals surface area (Å²) in [4.78, 5) is 0. The Morgan fingerprint density at radius 2 is 1.83 bits per heavy atom. The maximum atomic E-state index is 4.26. The minimum atomic E-state index is 0.488. The lowest BCUT2D eigenvalue weighted by Crippen LogP contribution is -2.54. The molecule has 0 saturated heterocycles. The fourth-order valence-corrected chi connectivity index (χ4v) is 6.33. The molecule has 24 heavy (non-hydrogen) atoms. The van der Waals surface area contributed by atoms with E-state index in [1.54, 1.807) is 0 Å². The molecule has 6 unspecified atom stereocenters. The van der Waals surface area contributed by atoms with Gasteiger partial charge in [-0.2, -0.15) is 0 Å². The first-order chi connectivity index (χ1) is 11.1. The van der Waals surface area contributed by atoms with Crippen LogP contribution in [-0.2, 0) is 0 Å². The molecule has 0 bridgehead atoms. The highest BCUT2D eigenvalue weighted by Crippen LogP contribution is 2.65. The van der Waals surface area contributed by atoms with Crippen LogP contribution in [0.2, 0.25) is 0 Å². The maximum absolute atomic E-state index is 4.26. The van der Waals surface area contributed by atoms with Gasteiger partial charge in [-0.15, -0.1) is 0 Å². The summed E-state index contributed by atoms with van der Waals surface area (Å²) in [5, 5.41) is 0. The second-order valence-corrected chi connectivity index (χ2v) is 10.2. The maximum Gasteiger partial charge on any atom is -0.0249 e. The third kappa shape index (κ3) is 3.54. The van der Waals surface area contributed by atoms with E-state index in [4.69, 9.17) is 0 Å². The van der Waals surface area contributed by atoms with Gasteiger partial charge in [-0.1, -0.05) is 79.2 Å². The lowest BCUT2D eigenvalue weighted by molar-refractivity contribution is -0.129.